The van der Waals surface area contributed by atoms with Gasteiger partial charge in [0.2, 0.25) is 0 Å². The molecule has 0 bridgehead atoms. The summed E-state index contributed by atoms with van der Waals surface area (Å²) in [6.07, 6.45) is 0. The molecule has 0 saturated carbocycles. The number of carbonyl (C=O) groups is 1. The van der Waals surface area contributed by atoms with Crippen LogP contribution in [0.1, 0.15) is 22.0 Å². The van der Waals surface area contributed by atoms with Gasteiger partial charge in [0.1, 0.15) is 0 Å². The zero-order chi connectivity index (χ0) is 13.7. The Bertz CT molecular complexity index is 557. The third kappa shape index (κ3) is 3.78. The first kappa shape index (κ1) is 14.0. The molecule has 3 N–H and O–H groups in total. The van der Waals surface area contributed by atoms with Gasteiger partial charge in [0.25, 0.3) is 5.91 Å². The number of benzene rings is 2. The van der Waals surface area contributed by atoms with E-state index in [4.69, 9.17) is 5.73 Å². The number of hydrogen-bond donors (Lipinski definition) is 2. The van der Waals surface area contributed by atoms with Crippen molar-refractivity contribution in [1.29, 1.82) is 0 Å². The van der Waals surface area contributed by atoms with Crippen molar-refractivity contribution < 1.29 is 4.79 Å². The Balaban J connectivity index is 1.96. The number of hydrogen-bond acceptors (Lipinski definition) is 2. The van der Waals surface area contributed by atoms with E-state index in [1.54, 1.807) is 0 Å². The Morgan fingerprint density at radius 3 is 2.42 bits per heavy atom. The molecule has 0 aliphatic heterocycles. The van der Waals surface area contributed by atoms with Crippen molar-refractivity contribution >= 4 is 28.5 Å². The SMILES string of the molecule is NC(CNC(=O)c1ccccc1I)c1ccccc1. The molecule has 0 heterocycles. The molecule has 2 aromatic carbocycles. The van der Waals surface area contributed by atoms with Crippen molar-refractivity contribution in [1.82, 2.24) is 5.32 Å². The molecule has 1 amide bonds. The van der Waals surface area contributed by atoms with Crippen LogP contribution in [0, 0.1) is 3.57 Å². The largest absolute Gasteiger partial charge is 0.350 e. The quantitative estimate of drug-likeness (QED) is 0.818. The molecule has 1 atom stereocenters. The van der Waals surface area contributed by atoms with Gasteiger partial charge >= 0.3 is 0 Å². The Hall–Kier alpha value is -1.40. The third-order valence-corrected chi connectivity index (χ3v) is 3.77. The van der Waals surface area contributed by atoms with E-state index in [2.05, 4.69) is 27.9 Å². The summed E-state index contributed by atoms with van der Waals surface area (Å²) in [5, 5.41) is 2.87. The van der Waals surface area contributed by atoms with E-state index >= 15 is 0 Å². The van der Waals surface area contributed by atoms with Crippen molar-refractivity contribution in [3.63, 3.8) is 0 Å². The van der Waals surface area contributed by atoms with Crippen LogP contribution in [0.5, 0.6) is 0 Å². The fraction of sp³-hybridized carbons (Fsp3) is 0.133. The maximum Gasteiger partial charge on any atom is 0.252 e. The van der Waals surface area contributed by atoms with E-state index in [9.17, 15) is 4.79 Å². The van der Waals surface area contributed by atoms with Crippen molar-refractivity contribution in [2.24, 2.45) is 5.73 Å². The summed E-state index contributed by atoms with van der Waals surface area (Å²) in [5.41, 5.74) is 7.75. The van der Waals surface area contributed by atoms with Gasteiger partial charge in [-0.1, -0.05) is 42.5 Å². The summed E-state index contributed by atoms with van der Waals surface area (Å²) >= 11 is 2.15. The molecule has 0 aromatic heterocycles. The smallest absolute Gasteiger partial charge is 0.252 e. The molecule has 19 heavy (non-hydrogen) atoms. The van der Waals surface area contributed by atoms with E-state index in [0.29, 0.717) is 12.1 Å². The summed E-state index contributed by atoms with van der Waals surface area (Å²) in [5.74, 6) is -0.0867. The summed E-state index contributed by atoms with van der Waals surface area (Å²) in [7, 11) is 0. The van der Waals surface area contributed by atoms with Crippen LogP contribution in [0.4, 0.5) is 0 Å². The van der Waals surface area contributed by atoms with Gasteiger partial charge < -0.3 is 11.1 Å². The number of nitrogens with two attached hydrogens (primary N) is 1. The highest BCUT2D eigenvalue weighted by Crippen LogP contribution is 2.12. The second-order valence-electron chi connectivity index (χ2n) is 4.21. The monoisotopic (exact) mass is 366 g/mol. The van der Waals surface area contributed by atoms with Crippen molar-refractivity contribution in [3.05, 3.63) is 69.3 Å². The van der Waals surface area contributed by atoms with Crippen LogP contribution in [-0.2, 0) is 0 Å². The molecule has 0 fully saturated rings. The number of amides is 1. The van der Waals surface area contributed by atoms with Gasteiger partial charge in [-0.25, -0.2) is 0 Å². The van der Waals surface area contributed by atoms with Crippen molar-refractivity contribution in [3.8, 4) is 0 Å². The molecule has 0 saturated heterocycles. The zero-order valence-corrected chi connectivity index (χ0v) is 12.5. The molecular formula is C15H15IN2O. The van der Waals surface area contributed by atoms with Crippen molar-refractivity contribution in [2.45, 2.75) is 6.04 Å². The second kappa shape index (κ2) is 6.68. The van der Waals surface area contributed by atoms with Crippen LogP contribution in [-0.4, -0.2) is 12.5 Å². The minimum atomic E-state index is -0.188. The Morgan fingerprint density at radius 2 is 1.74 bits per heavy atom. The molecule has 98 valence electrons. The Morgan fingerprint density at radius 1 is 1.11 bits per heavy atom. The summed E-state index contributed by atoms with van der Waals surface area (Å²) in [4.78, 5) is 12.0. The average Bonchev–Trinajstić information content (AvgIpc) is 2.46. The van der Waals surface area contributed by atoms with Gasteiger partial charge in [-0.15, -0.1) is 0 Å². The number of carbonyl (C=O) groups excluding carboxylic acids is 1. The van der Waals surface area contributed by atoms with Crippen LogP contribution in [0.15, 0.2) is 54.6 Å². The van der Waals surface area contributed by atoms with Crippen LogP contribution in [0.2, 0.25) is 0 Å². The lowest BCUT2D eigenvalue weighted by molar-refractivity contribution is 0.0950. The fourth-order valence-corrected chi connectivity index (χ4v) is 2.39. The molecule has 4 heteroatoms. The number of halogens is 1. The second-order valence-corrected chi connectivity index (χ2v) is 5.37. The molecule has 0 aliphatic carbocycles. The lowest BCUT2D eigenvalue weighted by Gasteiger charge is -2.13. The van der Waals surface area contributed by atoms with Gasteiger partial charge in [-0.3, -0.25) is 4.79 Å². The van der Waals surface area contributed by atoms with E-state index in [-0.39, 0.29) is 11.9 Å². The molecule has 0 radical (unpaired) electrons. The third-order valence-electron chi connectivity index (χ3n) is 2.83. The molecule has 3 nitrogen and oxygen atoms in total. The Labute approximate surface area is 126 Å². The van der Waals surface area contributed by atoms with E-state index in [1.807, 2.05) is 54.6 Å². The van der Waals surface area contributed by atoms with Crippen molar-refractivity contribution in [2.75, 3.05) is 6.54 Å². The standard InChI is InChI=1S/C15H15IN2O/c16-13-9-5-4-8-12(13)15(19)18-10-14(17)11-6-2-1-3-7-11/h1-9,14H,10,17H2,(H,18,19). The molecular weight excluding hydrogens is 351 g/mol. The van der Waals surface area contributed by atoms with E-state index in [0.717, 1.165) is 9.13 Å². The summed E-state index contributed by atoms with van der Waals surface area (Å²) in [6, 6.07) is 17.0. The van der Waals surface area contributed by atoms with E-state index < -0.39 is 0 Å². The van der Waals surface area contributed by atoms with Gasteiger partial charge in [0, 0.05) is 16.2 Å². The van der Waals surface area contributed by atoms with Crippen LogP contribution >= 0.6 is 22.6 Å². The Kier molecular flexibility index (Phi) is 4.93. The van der Waals surface area contributed by atoms with Gasteiger partial charge in [-0.05, 0) is 40.3 Å². The van der Waals surface area contributed by atoms with Crippen LogP contribution in [0.25, 0.3) is 0 Å². The molecule has 1 unspecified atom stereocenters. The predicted octanol–water partition coefficient (Wildman–Crippen LogP) is 2.72. The lowest BCUT2D eigenvalue weighted by atomic mass is 10.1. The fourth-order valence-electron chi connectivity index (χ4n) is 1.76. The highest BCUT2D eigenvalue weighted by molar-refractivity contribution is 14.1. The summed E-state index contributed by atoms with van der Waals surface area (Å²) < 4.78 is 0.936. The van der Waals surface area contributed by atoms with Gasteiger partial charge in [0.05, 0.1) is 5.56 Å². The maximum atomic E-state index is 12.0. The predicted molar refractivity (Wildman–Crippen MR) is 84.9 cm³/mol. The van der Waals surface area contributed by atoms with Gasteiger partial charge in [0.15, 0.2) is 0 Å². The average molecular weight is 366 g/mol. The molecule has 2 aromatic rings. The first-order valence-electron chi connectivity index (χ1n) is 6.01. The van der Waals surface area contributed by atoms with E-state index in [1.165, 1.54) is 0 Å². The normalized spacial score (nSPS) is 11.9. The summed E-state index contributed by atoms with van der Waals surface area (Å²) in [6.45, 7) is 0.424. The van der Waals surface area contributed by atoms with Gasteiger partial charge in [-0.2, -0.15) is 0 Å². The van der Waals surface area contributed by atoms with Crippen LogP contribution < -0.4 is 11.1 Å². The molecule has 0 aliphatic rings. The number of rotatable bonds is 4. The molecule has 0 spiro atoms. The minimum absolute atomic E-state index is 0.0867. The zero-order valence-electron chi connectivity index (χ0n) is 10.3. The topological polar surface area (TPSA) is 55.1 Å². The molecule has 2 rings (SSSR count). The highest BCUT2D eigenvalue weighted by atomic mass is 127. The first-order valence-corrected chi connectivity index (χ1v) is 7.09. The van der Waals surface area contributed by atoms with Crippen LogP contribution in [0.3, 0.4) is 0 Å². The lowest BCUT2D eigenvalue weighted by Crippen LogP contribution is -2.32. The minimum Gasteiger partial charge on any atom is -0.350 e. The number of nitrogens with one attached hydrogen (secondary N) is 1. The highest BCUT2D eigenvalue weighted by Gasteiger charge is 2.11. The first-order chi connectivity index (χ1) is 9.18. The maximum absolute atomic E-state index is 12.0.